The Labute approximate surface area is 159 Å². The Hall–Kier alpha value is -2.34. The van der Waals surface area contributed by atoms with Gasteiger partial charge in [0.15, 0.2) is 0 Å². The van der Waals surface area contributed by atoms with E-state index in [-0.39, 0.29) is 17.2 Å². The van der Waals surface area contributed by atoms with Gasteiger partial charge in [0, 0.05) is 4.90 Å². The molecule has 0 saturated carbocycles. The number of hydrogen-bond donors (Lipinski definition) is 1. The van der Waals surface area contributed by atoms with Crippen molar-refractivity contribution in [2.24, 2.45) is 0 Å². The fourth-order valence-corrected chi connectivity index (χ4v) is 3.08. The van der Waals surface area contributed by atoms with Crippen molar-refractivity contribution >= 4 is 17.7 Å². The van der Waals surface area contributed by atoms with E-state index in [0.717, 1.165) is 22.1 Å². The normalized spacial score (nSPS) is 12.8. The molecule has 140 valence electrons. The minimum atomic E-state index is -0.202. The van der Waals surface area contributed by atoms with E-state index in [1.165, 1.54) is 11.8 Å². The zero-order valence-electron chi connectivity index (χ0n) is 15.5. The van der Waals surface area contributed by atoms with Crippen LogP contribution in [0.4, 0.5) is 0 Å². The summed E-state index contributed by atoms with van der Waals surface area (Å²) >= 11 is 1.51. The van der Waals surface area contributed by atoms with Crippen LogP contribution >= 0.6 is 11.8 Å². The summed E-state index contributed by atoms with van der Waals surface area (Å²) in [5, 5.41) is 2.78. The number of carbonyl (C=O) groups is 1. The lowest BCUT2D eigenvalue weighted by Crippen LogP contribution is -2.40. The first kappa shape index (κ1) is 20.0. The molecule has 0 spiro atoms. The van der Waals surface area contributed by atoms with Crippen LogP contribution in [0.3, 0.4) is 0 Å². The van der Waals surface area contributed by atoms with Crippen molar-refractivity contribution < 1.29 is 19.0 Å². The molecule has 2 rings (SSSR count). The molecule has 2 aromatic rings. The van der Waals surface area contributed by atoms with Crippen molar-refractivity contribution in [2.75, 3.05) is 20.8 Å². The summed E-state index contributed by atoms with van der Waals surface area (Å²) in [7, 11) is 3.26. The summed E-state index contributed by atoms with van der Waals surface area (Å²) in [6, 6.07) is 14.9. The highest BCUT2D eigenvalue weighted by atomic mass is 32.2. The van der Waals surface area contributed by atoms with Crippen LogP contribution in [0.2, 0.25) is 0 Å². The second-order valence-corrected chi connectivity index (χ2v) is 7.25. The average molecular weight is 375 g/mol. The smallest absolute Gasteiger partial charge is 0.233 e. The van der Waals surface area contributed by atoms with Crippen molar-refractivity contribution in [2.45, 2.75) is 30.0 Å². The molecule has 0 radical (unpaired) electrons. The summed E-state index contributed by atoms with van der Waals surface area (Å²) in [5.74, 6) is 2.31. The molecule has 6 heteroatoms. The maximum absolute atomic E-state index is 12.3. The van der Waals surface area contributed by atoms with Crippen LogP contribution in [0.1, 0.15) is 13.8 Å². The number of nitrogens with one attached hydrogen (secondary N) is 1. The lowest BCUT2D eigenvalue weighted by Gasteiger charge is -2.18. The number of methoxy groups -OCH3 is 2. The largest absolute Gasteiger partial charge is 0.497 e. The SMILES string of the molecule is COc1ccc(OC[C@@H](C)NC(=O)[C@@H](C)Sc2ccc(OC)cc2)cc1. The molecule has 0 heterocycles. The van der Waals surface area contributed by atoms with E-state index in [0.29, 0.717) is 6.61 Å². The third-order valence-electron chi connectivity index (χ3n) is 3.69. The second kappa shape index (κ2) is 9.97. The molecular weight excluding hydrogens is 350 g/mol. The van der Waals surface area contributed by atoms with Gasteiger partial charge in [-0.15, -0.1) is 11.8 Å². The average Bonchev–Trinajstić information content (AvgIpc) is 2.67. The molecule has 26 heavy (non-hydrogen) atoms. The quantitative estimate of drug-likeness (QED) is 0.676. The van der Waals surface area contributed by atoms with Crippen LogP contribution in [0, 0.1) is 0 Å². The van der Waals surface area contributed by atoms with Gasteiger partial charge in [-0.25, -0.2) is 0 Å². The molecule has 0 aliphatic carbocycles. The van der Waals surface area contributed by atoms with Crippen LogP contribution in [0.5, 0.6) is 17.2 Å². The van der Waals surface area contributed by atoms with Gasteiger partial charge in [-0.1, -0.05) is 0 Å². The Morgan fingerprint density at radius 2 is 1.42 bits per heavy atom. The molecule has 0 fully saturated rings. The summed E-state index contributed by atoms with van der Waals surface area (Å²) in [5.41, 5.74) is 0. The lowest BCUT2D eigenvalue weighted by molar-refractivity contribution is -0.121. The molecule has 0 aliphatic heterocycles. The zero-order valence-corrected chi connectivity index (χ0v) is 16.3. The first-order chi connectivity index (χ1) is 12.5. The number of carbonyl (C=O) groups excluding carboxylic acids is 1. The molecule has 0 saturated heterocycles. The first-order valence-electron chi connectivity index (χ1n) is 8.39. The van der Waals surface area contributed by atoms with Crippen LogP contribution < -0.4 is 19.5 Å². The van der Waals surface area contributed by atoms with Gasteiger partial charge in [0.2, 0.25) is 5.91 Å². The van der Waals surface area contributed by atoms with Gasteiger partial charge in [0.1, 0.15) is 23.9 Å². The number of amides is 1. The van der Waals surface area contributed by atoms with E-state index in [1.807, 2.05) is 62.4 Å². The number of benzene rings is 2. The number of hydrogen-bond acceptors (Lipinski definition) is 5. The Balaban J connectivity index is 1.77. The van der Waals surface area contributed by atoms with Gasteiger partial charge in [0.05, 0.1) is 25.5 Å². The molecule has 0 bridgehead atoms. The number of ether oxygens (including phenoxy) is 3. The Morgan fingerprint density at radius 1 is 0.923 bits per heavy atom. The topological polar surface area (TPSA) is 56.8 Å². The van der Waals surface area contributed by atoms with Gasteiger partial charge in [0.25, 0.3) is 0 Å². The number of rotatable bonds is 9. The Bertz CT molecular complexity index is 688. The molecule has 5 nitrogen and oxygen atoms in total. The second-order valence-electron chi connectivity index (χ2n) is 5.83. The van der Waals surface area contributed by atoms with E-state index in [9.17, 15) is 4.79 Å². The van der Waals surface area contributed by atoms with E-state index >= 15 is 0 Å². The van der Waals surface area contributed by atoms with Crippen LogP contribution in [-0.4, -0.2) is 38.0 Å². The molecular formula is C20H25NO4S. The summed E-state index contributed by atoms with van der Waals surface area (Å²) < 4.78 is 16.0. The monoisotopic (exact) mass is 375 g/mol. The Morgan fingerprint density at radius 3 is 1.96 bits per heavy atom. The molecule has 1 amide bonds. The van der Waals surface area contributed by atoms with Gasteiger partial charge in [-0.3, -0.25) is 4.79 Å². The zero-order chi connectivity index (χ0) is 18.9. The fraction of sp³-hybridized carbons (Fsp3) is 0.350. The van der Waals surface area contributed by atoms with Crippen LogP contribution in [0.15, 0.2) is 53.4 Å². The van der Waals surface area contributed by atoms with E-state index in [2.05, 4.69) is 5.32 Å². The minimum Gasteiger partial charge on any atom is -0.497 e. The van der Waals surface area contributed by atoms with Crippen molar-refractivity contribution in [3.8, 4) is 17.2 Å². The summed E-state index contributed by atoms with van der Waals surface area (Å²) in [6.07, 6.45) is 0. The molecule has 0 unspecified atom stereocenters. The van der Waals surface area contributed by atoms with Gasteiger partial charge < -0.3 is 19.5 Å². The standard InChI is InChI=1S/C20H25NO4S/c1-14(13-25-18-7-5-16(23-3)6-8-18)21-20(22)15(2)26-19-11-9-17(24-4)10-12-19/h5-12,14-15H,13H2,1-4H3,(H,21,22)/t14-,15-/m1/s1. The maximum atomic E-state index is 12.3. The highest BCUT2D eigenvalue weighted by Crippen LogP contribution is 2.25. The van der Waals surface area contributed by atoms with Gasteiger partial charge in [-0.05, 0) is 62.4 Å². The van der Waals surface area contributed by atoms with Crippen molar-refractivity contribution in [1.29, 1.82) is 0 Å². The van der Waals surface area contributed by atoms with E-state index < -0.39 is 0 Å². The predicted molar refractivity (Wildman–Crippen MR) is 104 cm³/mol. The van der Waals surface area contributed by atoms with Crippen molar-refractivity contribution in [3.63, 3.8) is 0 Å². The van der Waals surface area contributed by atoms with E-state index in [4.69, 9.17) is 14.2 Å². The maximum Gasteiger partial charge on any atom is 0.233 e. The third-order valence-corrected chi connectivity index (χ3v) is 4.80. The molecule has 1 N–H and O–H groups in total. The predicted octanol–water partition coefficient (Wildman–Crippen LogP) is 3.77. The third kappa shape index (κ3) is 6.19. The highest BCUT2D eigenvalue weighted by molar-refractivity contribution is 8.00. The molecule has 2 aromatic carbocycles. The number of thioether (sulfide) groups is 1. The molecule has 0 aliphatic rings. The van der Waals surface area contributed by atoms with Gasteiger partial charge in [-0.2, -0.15) is 0 Å². The molecule has 2 atom stereocenters. The fourth-order valence-electron chi connectivity index (χ4n) is 2.21. The van der Waals surface area contributed by atoms with Crippen LogP contribution in [-0.2, 0) is 4.79 Å². The Kier molecular flexibility index (Phi) is 7.66. The summed E-state index contributed by atoms with van der Waals surface area (Å²) in [6.45, 7) is 4.21. The minimum absolute atomic E-state index is 0.0170. The van der Waals surface area contributed by atoms with Gasteiger partial charge >= 0.3 is 0 Å². The van der Waals surface area contributed by atoms with E-state index in [1.54, 1.807) is 14.2 Å². The highest BCUT2D eigenvalue weighted by Gasteiger charge is 2.17. The van der Waals surface area contributed by atoms with Crippen LogP contribution in [0.25, 0.3) is 0 Å². The molecule has 0 aromatic heterocycles. The summed E-state index contributed by atoms with van der Waals surface area (Å²) in [4.78, 5) is 13.4. The first-order valence-corrected chi connectivity index (χ1v) is 9.27. The van der Waals surface area contributed by atoms with Crippen molar-refractivity contribution in [3.05, 3.63) is 48.5 Å². The van der Waals surface area contributed by atoms with Crippen molar-refractivity contribution in [1.82, 2.24) is 5.32 Å². The lowest BCUT2D eigenvalue weighted by atomic mass is 10.3.